The molecule has 4 aliphatic carbocycles. The lowest BCUT2D eigenvalue weighted by Crippen LogP contribution is -2.59. The van der Waals surface area contributed by atoms with Crippen molar-refractivity contribution in [2.24, 2.45) is 28.9 Å². The van der Waals surface area contributed by atoms with Crippen LogP contribution < -0.4 is 5.73 Å². The van der Waals surface area contributed by atoms with Crippen molar-refractivity contribution in [3.63, 3.8) is 0 Å². The molecule has 0 amide bonds. The van der Waals surface area contributed by atoms with Gasteiger partial charge in [0.05, 0.1) is 5.60 Å². The number of hydrogen-bond donors (Lipinski definition) is 2. The lowest BCUT2D eigenvalue weighted by molar-refractivity contribution is -0.165. The highest BCUT2D eigenvalue weighted by Gasteiger charge is 2.57. The van der Waals surface area contributed by atoms with E-state index in [0.29, 0.717) is 6.54 Å². The van der Waals surface area contributed by atoms with E-state index in [1.807, 2.05) is 6.92 Å². The first-order chi connectivity index (χ1) is 7.05. The van der Waals surface area contributed by atoms with E-state index in [2.05, 4.69) is 0 Å². The largest absolute Gasteiger partial charge is 0.388 e. The Morgan fingerprint density at radius 1 is 1.13 bits per heavy atom. The molecule has 1 unspecified atom stereocenters. The average molecular weight is 209 g/mol. The second-order valence-corrected chi connectivity index (χ2v) is 6.68. The van der Waals surface area contributed by atoms with Crippen LogP contribution in [0.1, 0.15) is 45.4 Å². The molecule has 0 aromatic heterocycles. The second kappa shape index (κ2) is 2.98. The molecule has 0 heterocycles. The van der Waals surface area contributed by atoms with Crippen molar-refractivity contribution in [2.45, 2.75) is 51.0 Å². The molecule has 4 aliphatic rings. The van der Waals surface area contributed by atoms with Gasteiger partial charge >= 0.3 is 0 Å². The van der Waals surface area contributed by atoms with Gasteiger partial charge in [-0.1, -0.05) is 0 Å². The minimum atomic E-state index is -0.622. The van der Waals surface area contributed by atoms with E-state index in [1.165, 1.54) is 38.5 Å². The first-order valence-corrected chi connectivity index (χ1v) is 6.47. The van der Waals surface area contributed by atoms with E-state index in [0.717, 1.165) is 17.8 Å². The highest BCUT2D eigenvalue weighted by atomic mass is 16.3. The Bertz CT molecular complexity index is 236. The van der Waals surface area contributed by atoms with Crippen LogP contribution in [0.25, 0.3) is 0 Å². The lowest BCUT2D eigenvalue weighted by atomic mass is 9.45. The van der Waals surface area contributed by atoms with Gasteiger partial charge < -0.3 is 10.8 Å². The average Bonchev–Trinajstić information content (AvgIpc) is 2.15. The number of aliphatic hydroxyl groups is 1. The van der Waals surface area contributed by atoms with Gasteiger partial charge in [0, 0.05) is 12.0 Å². The summed E-state index contributed by atoms with van der Waals surface area (Å²) in [4.78, 5) is 0. The smallest absolute Gasteiger partial charge is 0.0797 e. The van der Waals surface area contributed by atoms with E-state index < -0.39 is 5.60 Å². The van der Waals surface area contributed by atoms with Crippen molar-refractivity contribution in [2.75, 3.05) is 6.54 Å². The molecule has 0 spiro atoms. The molecule has 15 heavy (non-hydrogen) atoms. The van der Waals surface area contributed by atoms with Crippen LogP contribution in [0.3, 0.4) is 0 Å². The third kappa shape index (κ3) is 1.31. The van der Waals surface area contributed by atoms with Gasteiger partial charge in [-0.15, -0.1) is 0 Å². The number of nitrogens with two attached hydrogens (primary N) is 1. The monoisotopic (exact) mass is 209 g/mol. The van der Waals surface area contributed by atoms with E-state index in [4.69, 9.17) is 5.73 Å². The van der Waals surface area contributed by atoms with Crippen molar-refractivity contribution in [1.82, 2.24) is 0 Å². The molecule has 0 radical (unpaired) electrons. The van der Waals surface area contributed by atoms with Crippen LogP contribution in [-0.4, -0.2) is 17.3 Å². The van der Waals surface area contributed by atoms with Crippen molar-refractivity contribution >= 4 is 0 Å². The maximum atomic E-state index is 10.6. The maximum absolute atomic E-state index is 10.6. The van der Waals surface area contributed by atoms with Crippen LogP contribution in [0.2, 0.25) is 0 Å². The minimum absolute atomic E-state index is 0.177. The molecule has 0 aliphatic heterocycles. The standard InChI is InChI=1S/C13H23NO/c1-12(15,8-14)13-5-9-2-10(6-13)4-11(3-9)7-13/h9-11,15H,2-8,14H2,1H3. The van der Waals surface area contributed by atoms with Crippen LogP contribution in [0.15, 0.2) is 0 Å². The molecular weight excluding hydrogens is 186 g/mol. The molecular formula is C13H23NO. The first-order valence-electron chi connectivity index (χ1n) is 6.47. The zero-order valence-electron chi connectivity index (χ0n) is 9.71. The molecule has 0 aromatic rings. The van der Waals surface area contributed by atoms with Crippen LogP contribution in [-0.2, 0) is 0 Å². The molecule has 3 N–H and O–H groups in total. The molecule has 4 rings (SSSR count). The van der Waals surface area contributed by atoms with Gasteiger partial charge in [-0.05, 0) is 63.2 Å². The van der Waals surface area contributed by atoms with Crippen LogP contribution in [0.5, 0.6) is 0 Å². The van der Waals surface area contributed by atoms with Crippen molar-refractivity contribution in [1.29, 1.82) is 0 Å². The van der Waals surface area contributed by atoms with Gasteiger partial charge in [-0.2, -0.15) is 0 Å². The van der Waals surface area contributed by atoms with E-state index in [-0.39, 0.29) is 5.41 Å². The predicted molar refractivity (Wildman–Crippen MR) is 60.3 cm³/mol. The molecule has 86 valence electrons. The molecule has 2 nitrogen and oxygen atoms in total. The maximum Gasteiger partial charge on any atom is 0.0797 e. The SMILES string of the molecule is CC(O)(CN)C12CC3CC(CC(C3)C1)C2. The summed E-state index contributed by atoms with van der Waals surface area (Å²) in [5, 5.41) is 10.6. The molecule has 2 heteroatoms. The summed E-state index contributed by atoms with van der Waals surface area (Å²) in [5.74, 6) is 2.69. The van der Waals surface area contributed by atoms with Gasteiger partial charge in [0.1, 0.15) is 0 Å². The predicted octanol–water partition coefficient (Wildman–Crippen LogP) is 1.91. The summed E-state index contributed by atoms with van der Waals surface area (Å²) in [6.07, 6.45) is 8.01. The van der Waals surface area contributed by atoms with Gasteiger partial charge in [-0.3, -0.25) is 0 Å². The van der Waals surface area contributed by atoms with Gasteiger partial charge in [-0.25, -0.2) is 0 Å². The fourth-order valence-electron chi connectivity index (χ4n) is 4.99. The summed E-state index contributed by atoms with van der Waals surface area (Å²) >= 11 is 0. The van der Waals surface area contributed by atoms with E-state index >= 15 is 0 Å². The highest BCUT2D eigenvalue weighted by molar-refractivity contribution is 5.08. The third-order valence-corrected chi connectivity index (χ3v) is 5.58. The van der Waals surface area contributed by atoms with Crippen LogP contribution >= 0.6 is 0 Å². The summed E-state index contributed by atoms with van der Waals surface area (Å²) < 4.78 is 0. The van der Waals surface area contributed by atoms with Crippen LogP contribution in [0, 0.1) is 23.2 Å². The Balaban J connectivity index is 1.93. The summed E-state index contributed by atoms with van der Waals surface area (Å²) in [7, 11) is 0. The number of hydrogen-bond acceptors (Lipinski definition) is 2. The quantitative estimate of drug-likeness (QED) is 0.730. The molecule has 4 saturated carbocycles. The highest BCUT2D eigenvalue weighted by Crippen LogP contribution is 2.63. The fraction of sp³-hybridized carbons (Fsp3) is 1.00. The summed E-state index contributed by atoms with van der Waals surface area (Å²) in [5.41, 5.74) is 5.33. The van der Waals surface area contributed by atoms with Crippen molar-refractivity contribution < 1.29 is 5.11 Å². The fourth-order valence-corrected chi connectivity index (χ4v) is 4.99. The number of rotatable bonds is 2. The topological polar surface area (TPSA) is 46.2 Å². The Morgan fingerprint density at radius 2 is 1.53 bits per heavy atom. The van der Waals surface area contributed by atoms with E-state index in [9.17, 15) is 5.11 Å². The Morgan fingerprint density at radius 3 is 1.87 bits per heavy atom. The first kappa shape index (κ1) is 10.1. The molecule has 4 fully saturated rings. The Kier molecular flexibility index (Phi) is 2.01. The van der Waals surface area contributed by atoms with Gasteiger partial charge in [0.25, 0.3) is 0 Å². The van der Waals surface area contributed by atoms with Crippen LogP contribution in [0.4, 0.5) is 0 Å². The van der Waals surface area contributed by atoms with E-state index in [1.54, 1.807) is 0 Å². The minimum Gasteiger partial charge on any atom is -0.388 e. The molecule has 1 atom stereocenters. The van der Waals surface area contributed by atoms with Gasteiger partial charge in [0.2, 0.25) is 0 Å². The lowest BCUT2D eigenvalue weighted by Gasteiger charge is -2.61. The normalized spacial score (nSPS) is 51.8. The summed E-state index contributed by atoms with van der Waals surface area (Å²) in [6, 6.07) is 0. The Hall–Kier alpha value is -0.0800. The van der Waals surface area contributed by atoms with Crippen molar-refractivity contribution in [3.05, 3.63) is 0 Å². The second-order valence-electron chi connectivity index (χ2n) is 6.68. The molecule has 4 bridgehead atoms. The molecule has 0 aromatic carbocycles. The zero-order valence-corrected chi connectivity index (χ0v) is 9.71. The van der Waals surface area contributed by atoms with Gasteiger partial charge in [0.15, 0.2) is 0 Å². The third-order valence-electron chi connectivity index (χ3n) is 5.58. The molecule has 0 saturated heterocycles. The summed E-state index contributed by atoms with van der Waals surface area (Å²) in [6.45, 7) is 2.40. The zero-order chi connectivity index (χ0) is 10.7. The Labute approximate surface area is 92.2 Å². The van der Waals surface area contributed by atoms with Crippen molar-refractivity contribution in [3.8, 4) is 0 Å².